The van der Waals surface area contributed by atoms with Gasteiger partial charge in [-0.1, -0.05) is 23.7 Å². The van der Waals surface area contributed by atoms with E-state index >= 15 is 0 Å². The van der Waals surface area contributed by atoms with Gasteiger partial charge in [0.1, 0.15) is 11.5 Å². The van der Waals surface area contributed by atoms with Crippen molar-refractivity contribution in [3.8, 4) is 11.8 Å². The van der Waals surface area contributed by atoms with Crippen LogP contribution in [0.4, 0.5) is 5.69 Å². The Balaban J connectivity index is 1.89. The van der Waals surface area contributed by atoms with Crippen LogP contribution in [0.25, 0.3) is 5.76 Å². The highest BCUT2D eigenvalue weighted by Crippen LogP contribution is 2.42. The quantitative estimate of drug-likeness (QED) is 0.193. The number of hydrogen-bond acceptors (Lipinski definition) is 6. The van der Waals surface area contributed by atoms with Crippen LogP contribution in [-0.4, -0.2) is 22.8 Å². The van der Waals surface area contributed by atoms with Crippen molar-refractivity contribution in [3.05, 3.63) is 100 Å². The first-order valence-corrected chi connectivity index (χ1v) is 10.5. The number of esters is 1. The summed E-state index contributed by atoms with van der Waals surface area (Å²) < 4.78 is 5.08. The minimum atomic E-state index is -0.963. The zero-order valence-electron chi connectivity index (χ0n) is 17.9. The summed E-state index contributed by atoms with van der Waals surface area (Å²) in [4.78, 5) is 38.8. The van der Waals surface area contributed by atoms with E-state index in [2.05, 4.69) is 0 Å². The molecule has 0 aliphatic carbocycles. The van der Waals surface area contributed by atoms with Crippen molar-refractivity contribution in [1.29, 1.82) is 5.26 Å². The highest BCUT2D eigenvalue weighted by Gasteiger charge is 2.47. The van der Waals surface area contributed by atoms with Gasteiger partial charge in [-0.15, -0.1) is 0 Å². The molecule has 4 rings (SSSR count). The van der Waals surface area contributed by atoms with Crippen molar-refractivity contribution >= 4 is 40.7 Å². The zero-order chi connectivity index (χ0) is 24.4. The van der Waals surface area contributed by atoms with Crippen LogP contribution >= 0.6 is 11.6 Å². The third kappa shape index (κ3) is 4.27. The van der Waals surface area contributed by atoms with Gasteiger partial charge < -0.3 is 9.84 Å². The molecule has 0 radical (unpaired) electrons. The summed E-state index contributed by atoms with van der Waals surface area (Å²) in [5.74, 6) is -2.22. The van der Waals surface area contributed by atoms with E-state index < -0.39 is 23.7 Å². The van der Waals surface area contributed by atoms with Crippen LogP contribution in [0.3, 0.4) is 0 Å². The van der Waals surface area contributed by atoms with Crippen LogP contribution in [0.15, 0.2) is 78.4 Å². The second-order valence-electron chi connectivity index (χ2n) is 7.50. The lowest BCUT2D eigenvalue weighted by atomic mass is 9.95. The first-order chi connectivity index (χ1) is 16.3. The molecule has 1 fully saturated rings. The summed E-state index contributed by atoms with van der Waals surface area (Å²) in [5, 5.41) is 20.6. The van der Waals surface area contributed by atoms with Crippen LogP contribution in [0, 0.1) is 11.3 Å². The maximum Gasteiger partial charge on any atom is 0.308 e. The molecule has 3 aromatic rings. The lowest BCUT2D eigenvalue weighted by Gasteiger charge is -2.25. The number of hydrogen-bond donors (Lipinski definition) is 1. The van der Waals surface area contributed by atoms with Crippen LogP contribution in [0.5, 0.6) is 5.75 Å². The number of aliphatic hydroxyl groups is 1. The van der Waals surface area contributed by atoms with E-state index in [4.69, 9.17) is 21.6 Å². The summed E-state index contributed by atoms with van der Waals surface area (Å²) in [6.45, 7) is 1.28. The molecule has 3 aromatic carbocycles. The molecule has 1 atom stereocenters. The van der Waals surface area contributed by atoms with Crippen LogP contribution < -0.4 is 9.64 Å². The summed E-state index contributed by atoms with van der Waals surface area (Å²) in [6.07, 6.45) is 0. The first-order valence-electron chi connectivity index (χ1n) is 10.2. The highest BCUT2D eigenvalue weighted by atomic mass is 35.5. The molecule has 34 heavy (non-hydrogen) atoms. The van der Waals surface area contributed by atoms with Crippen LogP contribution in [-0.2, 0) is 14.4 Å². The molecular weight excluding hydrogens is 456 g/mol. The molecule has 1 aliphatic rings. The molecule has 1 saturated heterocycles. The number of carbonyl (C=O) groups excluding carboxylic acids is 3. The largest absolute Gasteiger partial charge is 0.507 e. The van der Waals surface area contributed by atoms with Gasteiger partial charge in [-0.2, -0.15) is 5.26 Å². The molecule has 1 unspecified atom stereocenters. The zero-order valence-corrected chi connectivity index (χ0v) is 18.6. The van der Waals surface area contributed by atoms with E-state index in [1.807, 2.05) is 6.07 Å². The van der Waals surface area contributed by atoms with E-state index in [0.717, 1.165) is 0 Å². The smallest absolute Gasteiger partial charge is 0.308 e. The number of halogens is 1. The Labute approximate surface area is 200 Å². The van der Waals surface area contributed by atoms with Gasteiger partial charge in [-0.3, -0.25) is 19.3 Å². The van der Waals surface area contributed by atoms with Crippen molar-refractivity contribution < 1.29 is 24.2 Å². The monoisotopic (exact) mass is 472 g/mol. The Morgan fingerprint density at radius 3 is 2.18 bits per heavy atom. The van der Waals surface area contributed by atoms with Gasteiger partial charge in [-0.25, -0.2) is 0 Å². The predicted octanol–water partition coefficient (Wildman–Crippen LogP) is 4.76. The minimum absolute atomic E-state index is 0.100. The fourth-order valence-corrected chi connectivity index (χ4v) is 3.88. The van der Waals surface area contributed by atoms with Gasteiger partial charge in [0.2, 0.25) is 0 Å². The number of nitriles is 1. The lowest BCUT2D eigenvalue weighted by Crippen LogP contribution is -2.29. The van der Waals surface area contributed by atoms with Gasteiger partial charge >= 0.3 is 5.97 Å². The average molecular weight is 473 g/mol. The van der Waals surface area contributed by atoms with Gasteiger partial charge in [0, 0.05) is 23.2 Å². The number of ether oxygens (including phenoxy) is 1. The van der Waals surface area contributed by atoms with Gasteiger partial charge in [0.25, 0.3) is 11.7 Å². The Kier molecular flexibility index (Phi) is 6.17. The third-order valence-corrected chi connectivity index (χ3v) is 5.55. The Bertz CT molecular complexity index is 1350. The van der Waals surface area contributed by atoms with Gasteiger partial charge in [0.05, 0.1) is 23.2 Å². The lowest BCUT2D eigenvalue weighted by molar-refractivity contribution is -0.132. The van der Waals surface area contributed by atoms with E-state index in [9.17, 15) is 19.5 Å². The first kappa shape index (κ1) is 22.8. The normalized spacial score (nSPS) is 16.9. The number of anilines is 1. The molecule has 0 aromatic heterocycles. The maximum absolute atomic E-state index is 13.1. The number of amides is 1. The van der Waals surface area contributed by atoms with Crippen molar-refractivity contribution in [1.82, 2.24) is 0 Å². The van der Waals surface area contributed by atoms with Gasteiger partial charge in [0.15, 0.2) is 0 Å². The summed E-state index contributed by atoms with van der Waals surface area (Å²) in [7, 11) is 0. The Morgan fingerprint density at radius 2 is 1.62 bits per heavy atom. The molecule has 1 aliphatic heterocycles. The maximum atomic E-state index is 13.1. The SMILES string of the molecule is CC(=O)Oc1ccc(C2/C(=C(\O)c3ccc(Cl)cc3)C(=O)C(=O)N2c2ccc(C#N)cc2)cc1. The standard InChI is InChI=1S/C26H17ClN2O5/c1-15(30)34-21-12-6-17(7-13-21)23-22(24(31)18-4-8-19(27)9-5-18)25(32)26(33)29(23)20-10-2-16(14-28)3-11-20/h2-13,23,31H,1H3/b24-22+. The summed E-state index contributed by atoms with van der Waals surface area (Å²) in [6, 6.07) is 19.8. The molecule has 0 saturated carbocycles. The van der Waals surface area contributed by atoms with Crippen molar-refractivity contribution in [2.45, 2.75) is 13.0 Å². The summed E-state index contributed by atoms with van der Waals surface area (Å²) in [5.41, 5.74) is 1.50. The number of carbonyl (C=O) groups is 3. The minimum Gasteiger partial charge on any atom is -0.507 e. The highest BCUT2D eigenvalue weighted by molar-refractivity contribution is 6.51. The number of ketones is 1. The Morgan fingerprint density at radius 1 is 1.00 bits per heavy atom. The molecule has 1 heterocycles. The number of rotatable bonds is 4. The second-order valence-corrected chi connectivity index (χ2v) is 7.93. The van der Waals surface area contributed by atoms with Gasteiger partial charge in [-0.05, 0) is 66.2 Å². The number of aliphatic hydroxyl groups excluding tert-OH is 1. The molecule has 1 amide bonds. The van der Waals surface area contributed by atoms with E-state index in [-0.39, 0.29) is 11.3 Å². The molecular formula is C26H17ClN2O5. The van der Waals surface area contributed by atoms with Crippen LogP contribution in [0.2, 0.25) is 5.02 Å². The molecule has 7 nitrogen and oxygen atoms in total. The number of nitrogens with zero attached hydrogens (tertiary/aromatic N) is 2. The fourth-order valence-electron chi connectivity index (χ4n) is 3.76. The summed E-state index contributed by atoms with van der Waals surface area (Å²) >= 11 is 5.95. The molecule has 8 heteroatoms. The van der Waals surface area contributed by atoms with Crippen molar-refractivity contribution in [2.24, 2.45) is 0 Å². The van der Waals surface area contributed by atoms with Crippen molar-refractivity contribution in [2.75, 3.05) is 4.90 Å². The van der Waals surface area contributed by atoms with E-state index in [0.29, 0.717) is 33.1 Å². The molecule has 1 N–H and O–H groups in total. The van der Waals surface area contributed by atoms with E-state index in [1.165, 1.54) is 36.1 Å². The average Bonchev–Trinajstić information content (AvgIpc) is 3.09. The Hall–Kier alpha value is -4.41. The second kappa shape index (κ2) is 9.22. The predicted molar refractivity (Wildman–Crippen MR) is 125 cm³/mol. The fraction of sp³-hybridized carbons (Fsp3) is 0.0769. The van der Waals surface area contributed by atoms with E-state index in [1.54, 1.807) is 48.5 Å². The molecule has 0 spiro atoms. The number of Topliss-reactive ketones (excluding diaryl/α,β-unsaturated/α-hetero) is 1. The molecule has 168 valence electrons. The topological polar surface area (TPSA) is 108 Å². The third-order valence-electron chi connectivity index (χ3n) is 5.29. The van der Waals surface area contributed by atoms with Crippen molar-refractivity contribution in [3.63, 3.8) is 0 Å². The number of benzene rings is 3. The van der Waals surface area contributed by atoms with Crippen LogP contribution in [0.1, 0.15) is 29.7 Å². The molecule has 0 bridgehead atoms.